The molecule has 3 aliphatic rings. The number of nitrogens with zero attached hydrogens (tertiary/aromatic N) is 1. The minimum Gasteiger partial charge on any atom is -0.437 e. The number of morpholine rings is 1. The summed E-state index contributed by atoms with van der Waals surface area (Å²) in [5, 5.41) is 12.7. The van der Waals surface area contributed by atoms with Crippen molar-refractivity contribution in [2.75, 3.05) is 26.3 Å². The molecule has 2 N–H and O–H groups in total. The number of fused-ring (bicyclic) bond motifs is 1. The Labute approximate surface area is 131 Å². The highest BCUT2D eigenvalue weighted by molar-refractivity contribution is 6.45. The zero-order chi connectivity index (χ0) is 15.9. The van der Waals surface area contributed by atoms with Gasteiger partial charge in [-0.2, -0.15) is 0 Å². The van der Waals surface area contributed by atoms with Crippen molar-refractivity contribution >= 4 is 13.0 Å². The van der Waals surface area contributed by atoms with Crippen LogP contribution in [-0.2, 0) is 19.0 Å². The minimum absolute atomic E-state index is 0.0817. The molecule has 8 heteroatoms. The number of nitrogens with one attached hydrogen (secondary N) is 1. The molecule has 0 spiro atoms. The van der Waals surface area contributed by atoms with Crippen molar-refractivity contribution < 1.29 is 24.0 Å². The summed E-state index contributed by atoms with van der Waals surface area (Å²) in [7, 11) is -0.643. The lowest BCUT2D eigenvalue weighted by Crippen LogP contribution is -2.46. The molecule has 3 fully saturated rings. The highest BCUT2D eigenvalue weighted by Gasteiger charge is 2.56. The Balaban J connectivity index is 1.74. The highest BCUT2D eigenvalue weighted by atomic mass is 16.8. The topological polar surface area (TPSA) is 80.3 Å². The largest absolute Gasteiger partial charge is 0.437 e. The Hall–Kier alpha value is -0.665. The van der Waals surface area contributed by atoms with Gasteiger partial charge < -0.3 is 29.4 Å². The van der Waals surface area contributed by atoms with E-state index >= 15 is 0 Å². The molecule has 0 aromatic rings. The van der Waals surface area contributed by atoms with E-state index in [9.17, 15) is 9.82 Å². The predicted octanol–water partition coefficient (Wildman–Crippen LogP) is -0.546. The van der Waals surface area contributed by atoms with E-state index in [0.717, 1.165) is 0 Å². The van der Waals surface area contributed by atoms with Crippen LogP contribution >= 0.6 is 0 Å². The Morgan fingerprint density at radius 2 is 1.91 bits per heavy atom. The quantitative estimate of drug-likeness (QED) is 0.681. The molecule has 4 atom stereocenters. The van der Waals surface area contributed by atoms with Crippen molar-refractivity contribution in [3.05, 3.63) is 0 Å². The first-order chi connectivity index (χ1) is 10.4. The Morgan fingerprint density at radius 3 is 2.55 bits per heavy atom. The van der Waals surface area contributed by atoms with Crippen LogP contribution in [0.3, 0.4) is 0 Å². The van der Waals surface area contributed by atoms with Crippen LogP contribution in [0.15, 0.2) is 0 Å². The summed E-state index contributed by atoms with van der Waals surface area (Å²) >= 11 is 0. The van der Waals surface area contributed by atoms with Gasteiger partial charge in [0.15, 0.2) is 5.79 Å². The van der Waals surface area contributed by atoms with Gasteiger partial charge in [0.1, 0.15) is 12.2 Å². The summed E-state index contributed by atoms with van der Waals surface area (Å²) in [6.45, 7) is 7.83. The van der Waals surface area contributed by atoms with Crippen molar-refractivity contribution in [2.45, 2.75) is 51.1 Å². The zero-order valence-electron chi connectivity index (χ0n) is 13.4. The van der Waals surface area contributed by atoms with Crippen LogP contribution < -0.4 is 5.23 Å². The summed E-state index contributed by atoms with van der Waals surface area (Å²) in [4.78, 5) is 14.7. The molecule has 1 aliphatic carbocycles. The molecule has 3 rings (SSSR count). The fourth-order valence-electron chi connectivity index (χ4n) is 3.71. The fraction of sp³-hybridized carbons (Fsp3) is 0.929. The average molecular weight is 312 g/mol. The molecule has 22 heavy (non-hydrogen) atoms. The maximum atomic E-state index is 12.8. The molecular weight excluding hydrogens is 287 g/mol. The van der Waals surface area contributed by atoms with E-state index in [0.29, 0.717) is 32.7 Å². The van der Waals surface area contributed by atoms with Gasteiger partial charge in [-0.05, 0) is 27.1 Å². The predicted molar refractivity (Wildman–Crippen MR) is 80.1 cm³/mol. The van der Waals surface area contributed by atoms with Gasteiger partial charge in [-0.1, -0.05) is 0 Å². The maximum absolute atomic E-state index is 12.8. The molecule has 0 bridgehead atoms. The van der Waals surface area contributed by atoms with Crippen LogP contribution in [-0.4, -0.2) is 73.2 Å². The molecule has 0 radical (unpaired) electrons. The molecular formula is C14H25BN2O5. The monoisotopic (exact) mass is 312 g/mol. The van der Waals surface area contributed by atoms with Crippen LogP contribution in [0.4, 0.5) is 0 Å². The van der Waals surface area contributed by atoms with Crippen molar-refractivity contribution in [3.8, 4) is 0 Å². The molecule has 2 saturated heterocycles. The van der Waals surface area contributed by atoms with Crippen LogP contribution in [0.1, 0.15) is 20.3 Å². The summed E-state index contributed by atoms with van der Waals surface area (Å²) < 4.78 is 17.3. The second-order valence-corrected chi connectivity index (χ2v) is 6.79. The van der Waals surface area contributed by atoms with E-state index in [2.05, 4.69) is 5.23 Å². The third-order valence-corrected chi connectivity index (χ3v) is 4.56. The molecule has 7 nitrogen and oxygen atoms in total. The summed E-state index contributed by atoms with van der Waals surface area (Å²) in [5.41, 5.74) is 0. The van der Waals surface area contributed by atoms with E-state index in [1.54, 1.807) is 6.82 Å². The lowest BCUT2D eigenvalue weighted by atomic mass is 9.86. The van der Waals surface area contributed by atoms with Gasteiger partial charge in [0, 0.05) is 19.1 Å². The molecule has 0 aromatic heterocycles. The summed E-state index contributed by atoms with van der Waals surface area (Å²) in [5.74, 6) is -0.826. The average Bonchev–Trinajstić information content (AvgIpc) is 2.93. The fourth-order valence-corrected chi connectivity index (χ4v) is 3.71. The Kier molecular flexibility index (Phi) is 4.48. The van der Waals surface area contributed by atoms with Crippen LogP contribution in [0.5, 0.6) is 0 Å². The van der Waals surface area contributed by atoms with Gasteiger partial charge >= 0.3 is 7.05 Å². The third kappa shape index (κ3) is 3.16. The van der Waals surface area contributed by atoms with E-state index in [4.69, 9.17) is 14.2 Å². The summed E-state index contributed by atoms with van der Waals surface area (Å²) in [6.07, 6.45) is 0.146. The van der Waals surface area contributed by atoms with Crippen LogP contribution in [0.2, 0.25) is 6.82 Å². The normalized spacial score (nSPS) is 37.2. The van der Waals surface area contributed by atoms with Gasteiger partial charge in [-0.3, -0.25) is 4.79 Å². The van der Waals surface area contributed by atoms with E-state index < -0.39 is 12.8 Å². The number of carbonyl (C=O) groups is 1. The van der Waals surface area contributed by atoms with Gasteiger partial charge in [0.05, 0.1) is 19.1 Å². The van der Waals surface area contributed by atoms with Crippen LogP contribution in [0.25, 0.3) is 0 Å². The number of hydrogen-bond donors (Lipinski definition) is 2. The number of amides is 1. The van der Waals surface area contributed by atoms with Gasteiger partial charge in [-0.25, -0.2) is 0 Å². The second kappa shape index (κ2) is 6.09. The van der Waals surface area contributed by atoms with Crippen LogP contribution in [0, 0.1) is 5.92 Å². The highest BCUT2D eigenvalue weighted by Crippen LogP contribution is 2.42. The van der Waals surface area contributed by atoms with Crippen molar-refractivity contribution in [1.29, 1.82) is 0 Å². The molecule has 0 aromatic carbocycles. The Bertz CT molecular complexity index is 427. The first-order valence-corrected chi connectivity index (χ1v) is 8.04. The van der Waals surface area contributed by atoms with Crippen molar-refractivity contribution in [2.24, 2.45) is 5.92 Å². The minimum atomic E-state index is -0.697. The number of ether oxygens (including phenoxy) is 3. The van der Waals surface area contributed by atoms with Gasteiger partial charge in [-0.15, -0.1) is 0 Å². The van der Waals surface area contributed by atoms with Gasteiger partial charge in [0.2, 0.25) is 5.91 Å². The molecule has 2 heterocycles. The number of hydrogen-bond acceptors (Lipinski definition) is 6. The van der Waals surface area contributed by atoms with E-state index in [1.165, 1.54) is 0 Å². The zero-order valence-corrected chi connectivity index (χ0v) is 13.4. The SMILES string of the molecule is CB(O)N[C@@H]1C[C@H](C(=O)N2CCOCC2)[C@H]2OC(C)(C)O[C@H]21. The van der Waals surface area contributed by atoms with Crippen molar-refractivity contribution in [3.63, 3.8) is 0 Å². The summed E-state index contributed by atoms with van der Waals surface area (Å²) in [6, 6.07) is -0.0817. The molecule has 2 aliphatic heterocycles. The number of rotatable bonds is 3. The molecule has 1 amide bonds. The van der Waals surface area contributed by atoms with Crippen molar-refractivity contribution in [1.82, 2.24) is 10.1 Å². The second-order valence-electron chi connectivity index (χ2n) is 6.79. The van der Waals surface area contributed by atoms with E-state index in [-0.39, 0.29) is 30.1 Å². The lowest BCUT2D eigenvalue weighted by Gasteiger charge is -2.31. The standard InChI is InChI=1S/C14H25BN2O5/c1-14(2)21-11-9(13(18)17-4-6-20-7-5-17)8-10(12(11)22-14)16-15(3)19/h9-12,16,19H,4-8H2,1-3H3/t9-,10+,11+,12-/m0/s1. The number of carbonyl (C=O) groups excluding carboxylic acids is 1. The first kappa shape index (κ1) is 16.2. The first-order valence-electron chi connectivity index (χ1n) is 8.04. The smallest absolute Gasteiger partial charge is 0.373 e. The lowest BCUT2D eigenvalue weighted by molar-refractivity contribution is -0.165. The third-order valence-electron chi connectivity index (χ3n) is 4.56. The van der Waals surface area contributed by atoms with Gasteiger partial charge in [0.25, 0.3) is 0 Å². The molecule has 124 valence electrons. The van der Waals surface area contributed by atoms with E-state index in [1.807, 2.05) is 18.7 Å². The molecule has 0 unspecified atom stereocenters. The molecule has 1 saturated carbocycles. The Morgan fingerprint density at radius 1 is 1.27 bits per heavy atom. The maximum Gasteiger partial charge on any atom is 0.373 e.